The van der Waals surface area contributed by atoms with Crippen LogP contribution in [0.3, 0.4) is 0 Å². The average molecular weight is 278 g/mol. The van der Waals surface area contributed by atoms with Crippen LogP contribution >= 0.6 is 0 Å². The molecule has 3 N–H and O–H groups in total. The highest BCUT2D eigenvalue weighted by atomic mass is 16.2. The molecule has 1 fully saturated rings. The molecule has 0 saturated heterocycles. The maximum absolute atomic E-state index is 12.6. The Bertz CT molecular complexity index is 460. The average Bonchev–Trinajstić information content (AvgIpc) is 2.91. The molecule has 20 heavy (non-hydrogen) atoms. The Labute approximate surface area is 120 Å². The molecule has 5 heteroatoms. The van der Waals surface area contributed by atoms with E-state index in [1.54, 1.807) is 4.68 Å². The van der Waals surface area contributed by atoms with Gasteiger partial charge in [0, 0.05) is 13.1 Å². The van der Waals surface area contributed by atoms with E-state index in [-0.39, 0.29) is 11.4 Å². The van der Waals surface area contributed by atoms with Crippen molar-refractivity contribution >= 4 is 5.91 Å². The van der Waals surface area contributed by atoms with E-state index in [0.29, 0.717) is 18.8 Å². The highest BCUT2D eigenvalue weighted by molar-refractivity contribution is 5.93. The van der Waals surface area contributed by atoms with E-state index in [9.17, 15) is 4.79 Å². The topological polar surface area (TPSA) is 72.9 Å². The largest absolute Gasteiger partial charge is 0.344 e. The lowest BCUT2D eigenvalue weighted by molar-refractivity contribution is 0.0863. The first-order chi connectivity index (χ1) is 9.64. The monoisotopic (exact) mass is 278 g/mol. The summed E-state index contributed by atoms with van der Waals surface area (Å²) < 4.78 is 1.78. The van der Waals surface area contributed by atoms with Gasteiger partial charge in [0.05, 0.1) is 11.2 Å². The van der Waals surface area contributed by atoms with Gasteiger partial charge in [-0.05, 0) is 32.3 Å². The predicted molar refractivity (Wildman–Crippen MR) is 79.6 cm³/mol. The standard InChI is InChI=1S/C15H26N4O/c1-3-12-10-13(19(4-2)18-12)14(20)17-15(11-16)8-6-5-7-9-15/h10H,3-9,11,16H2,1-2H3,(H,17,20). The molecule has 112 valence electrons. The van der Waals surface area contributed by atoms with Crippen molar-refractivity contribution in [3.8, 4) is 0 Å². The summed E-state index contributed by atoms with van der Waals surface area (Å²) in [6.07, 6.45) is 6.33. The van der Waals surface area contributed by atoms with Crippen LogP contribution in [0.25, 0.3) is 0 Å². The summed E-state index contributed by atoms with van der Waals surface area (Å²) in [6, 6.07) is 1.89. The van der Waals surface area contributed by atoms with Crippen molar-refractivity contribution in [2.75, 3.05) is 6.54 Å². The molecule has 5 nitrogen and oxygen atoms in total. The van der Waals surface area contributed by atoms with Gasteiger partial charge < -0.3 is 11.1 Å². The molecule has 0 bridgehead atoms. The Morgan fingerprint density at radius 1 is 1.40 bits per heavy atom. The van der Waals surface area contributed by atoms with Crippen LogP contribution in [0.2, 0.25) is 0 Å². The van der Waals surface area contributed by atoms with E-state index in [2.05, 4.69) is 10.4 Å². The molecule has 0 unspecified atom stereocenters. The zero-order valence-electron chi connectivity index (χ0n) is 12.6. The number of carbonyl (C=O) groups excluding carboxylic acids is 1. The fourth-order valence-electron chi connectivity index (χ4n) is 2.98. The lowest BCUT2D eigenvalue weighted by Gasteiger charge is -2.37. The van der Waals surface area contributed by atoms with Crippen LogP contribution in [-0.4, -0.2) is 27.8 Å². The Kier molecular flexibility index (Phi) is 4.81. The first kappa shape index (κ1) is 15.0. The van der Waals surface area contributed by atoms with E-state index >= 15 is 0 Å². The minimum absolute atomic E-state index is 0.0357. The second kappa shape index (κ2) is 6.39. The Morgan fingerprint density at radius 2 is 2.10 bits per heavy atom. The highest BCUT2D eigenvalue weighted by Gasteiger charge is 2.33. The number of hydrogen-bond donors (Lipinski definition) is 2. The van der Waals surface area contributed by atoms with Gasteiger partial charge in [-0.3, -0.25) is 9.48 Å². The molecule has 1 aliphatic carbocycles. The van der Waals surface area contributed by atoms with Gasteiger partial charge in [-0.1, -0.05) is 26.2 Å². The molecule has 0 aromatic carbocycles. The van der Waals surface area contributed by atoms with Crippen LogP contribution in [0.15, 0.2) is 6.07 Å². The van der Waals surface area contributed by atoms with Crippen molar-refractivity contribution in [1.82, 2.24) is 15.1 Å². The summed E-state index contributed by atoms with van der Waals surface area (Å²) in [7, 11) is 0. The first-order valence-electron chi connectivity index (χ1n) is 7.73. The fraction of sp³-hybridized carbons (Fsp3) is 0.733. The third-order valence-electron chi connectivity index (χ3n) is 4.31. The molecule has 1 heterocycles. The van der Waals surface area contributed by atoms with Gasteiger partial charge in [-0.2, -0.15) is 5.10 Å². The fourth-order valence-corrected chi connectivity index (χ4v) is 2.98. The van der Waals surface area contributed by atoms with Crippen LogP contribution < -0.4 is 11.1 Å². The van der Waals surface area contributed by atoms with Crippen molar-refractivity contribution in [1.29, 1.82) is 0 Å². The number of nitrogens with zero attached hydrogens (tertiary/aromatic N) is 2. The van der Waals surface area contributed by atoms with Crippen LogP contribution in [0.1, 0.15) is 62.1 Å². The maximum atomic E-state index is 12.6. The van der Waals surface area contributed by atoms with Crippen molar-refractivity contribution < 1.29 is 4.79 Å². The molecule has 1 aliphatic rings. The number of rotatable bonds is 5. The van der Waals surface area contributed by atoms with E-state index in [1.807, 2.05) is 19.9 Å². The summed E-state index contributed by atoms with van der Waals surface area (Å²) >= 11 is 0. The summed E-state index contributed by atoms with van der Waals surface area (Å²) in [5.74, 6) is -0.0357. The number of amides is 1. The minimum atomic E-state index is -0.218. The van der Waals surface area contributed by atoms with Crippen LogP contribution in [0, 0.1) is 0 Å². The van der Waals surface area contributed by atoms with Gasteiger partial charge in [-0.15, -0.1) is 0 Å². The van der Waals surface area contributed by atoms with E-state index in [1.165, 1.54) is 6.42 Å². The molecule has 1 amide bonds. The third-order valence-corrected chi connectivity index (χ3v) is 4.31. The molecule has 2 rings (SSSR count). The van der Waals surface area contributed by atoms with Gasteiger partial charge in [0.1, 0.15) is 5.69 Å². The smallest absolute Gasteiger partial charge is 0.270 e. The molecule has 0 atom stereocenters. The molecule has 1 aromatic heterocycles. The van der Waals surface area contributed by atoms with Crippen LogP contribution in [-0.2, 0) is 13.0 Å². The summed E-state index contributed by atoms with van der Waals surface area (Å²) in [5, 5.41) is 7.62. The Hall–Kier alpha value is -1.36. The van der Waals surface area contributed by atoms with Gasteiger partial charge >= 0.3 is 0 Å². The predicted octanol–water partition coefficient (Wildman–Crippen LogP) is 1.86. The molecular formula is C15H26N4O. The lowest BCUT2D eigenvalue weighted by atomic mass is 9.81. The van der Waals surface area contributed by atoms with E-state index < -0.39 is 0 Å². The normalized spacial score (nSPS) is 17.9. The Balaban J connectivity index is 2.16. The minimum Gasteiger partial charge on any atom is -0.344 e. The second-order valence-electron chi connectivity index (χ2n) is 5.69. The number of carbonyl (C=O) groups is 1. The molecule has 0 spiro atoms. The van der Waals surface area contributed by atoms with Crippen molar-refractivity contribution in [3.05, 3.63) is 17.5 Å². The van der Waals surface area contributed by atoms with Crippen LogP contribution in [0.4, 0.5) is 0 Å². The number of aromatic nitrogens is 2. The van der Waals surface area contributed by atoms with Gasteiger partial charge in [0.25, 0.3) is 5.91 Å². The highest BCUT2D eigenvalue weighted by Crippen LogP contribution is 2.27. The zero-order valence-corrected chi connectivity index (χ0v) is 12.6. The van der Waals surface area contributed by atoms with Gasteiger partial charge in [-0.25, -0.2) is 0 Å². The summed E-state index contributed by atoms with van der Waals surface area (Å²) in [5.41, 5.74) is 7.33. The SMILES string of the molecule is CCc1cc(C(=O)NC2(CN)CCCCC2)n(CC)n1. The molecule has 1 saturated carbocycles. The van der Waals surface area contributed by atoms with Crippen LogP contribution in [0.5, 0.6) is 0 Å². The second-order valence-corrected chi connectivity index (χ2v) is 5.69. The quantitative estimate of drug-likeness (QED) is 0.863. The van der Waals surface area contributed by atoms with Crippen molar-refractivity contribution in [2.24, 2.45) is 5.73 Å². The summed E-state index contributed by atoms with van der Waals surface area (Å²) in [4.78, 5) is 12.6. The molecule has 1 aromatic rings. The first-order valence-corrected chi connectivity index (χ1v) is 7.73. The van der Waals surface area contributed by atoms with Gasteiger partial charge in [0.15, 0.2) is 0 Å². The summed E-state index contributed by atoms with van der Waals surface area (Å²) in [6.45, 7) is 5.27. The number of hydrogen-bond acceptors (Lipinski definition) is 3. The number of aryl methyl sites for hydroxylation is 2. The maximum Gasteiger partial charge on any atom is 0.270 e. The third kappa shape index (κ3) is 3.03. The molecule has 0 aliphatic heterocycles. The Morgan fingerprint density at radius 3 is 2.65 bits per heavy atom. The zero-order chi connectivity index (χ0) is 14.6. The molecule has 0 radical (unpaired) electrons. The van der Waals surface area contributed by atoms with Crippen molar-refractivity contribution in [3.63, 3.8) is 0 Å². The van der Waals surface area contributed by atoms with E-state index in [4.69, 9.17) is 5.73 Å². The van der Waals surface area contributed by atoms with E-state index in [0.717, 1.165) is 37.8 Å². The number of nitrogens with one attached hydrogen (secondary N) is 1. The van der Waals surface area contributed by atoms with Gasteiger partial charge in [0.2, 0.25) is 0 Å². The lowest BCUT2D eigenvalue weighted by Crippen LogP contribution is -2.55. The van der Waals surface area contributed by atoms with Crippen molar-refractivity contribution in [2.45, 2.75) is 64.5 Å². The molecular weight excluding hydrogens is 252 g/mol. The number of nitrogens with two attached hydrogens (primary N) is 1.